The maximum absolute atomic E-state index is 8.56. The molecular weight excluding hydrogens is 524 g/mol. The van der Waals surface area contributed by atoms with Crippen LogP contribution in [0.3, 0.4) is 0 Å². The molecule has 0 aliphatic heterocycles. The van der Waals surface area contributed by atoms with Gasteiger partial charge in [-0.1, -0.05) is 12.1 Å². The van der Waals surface area contributed by atoms with Crippen LogP contribution in [0.1, 0.15) is 5.56 Å². The molecule has 0 radical (unpaired) electrons. The molecule has 0 fully saturated rings. The minimum Gasteiger partial charge on any atom is -0.512 e. The fourth-order valence-electron chi connectivity index (χ4n) is 0.844. The van der Waals surface area contributed by atoms with Crippen molar-refractivity contribution in [3.8, 4) is 5.75 Å². The Balaban J connectivity index is 2.79. The van der Waals surface area contributed by atoms with Gasteiger partial charge in [-0.3, -0.25) is 0 Å². The minimum atomic E-state index is -1.76. The molecule has 0 aliphatic rings. The topological polar surface area (TPSA) is 49.7 Å². The average molecular weight is 530 g/mol. The zero-order valence-electron chi connectivity index (χ0n) is 6.82. The number of hydrogen-bond donors (Lipinski definition) is 2. The maximum atomic E-state index is 8.56. The summed E-state index contributed by atoms with van der Waals surface area (Å²) in [5, 5.41) is 17.1. The van der Waals surface area contributed by atoms with Gasteiger partial charge in [0.25, 0.3) is 0 Å². The average Bonchev–Trinajstić information content (AvgIpc) is 2.02. The summed E-state index contributed by atoms with van der Waals surface area (Å²) in [7, 11) is -1.76. The third kappa shape index (κ3) is 4.37. The number of hydrogen-bond acceptors (Lipinski definition) is 3. The van der Waals surface area contributed by atoms with Gasteiger partial charge >= 0.3 is 7.32 Å². The van der Waals surface area contributed by atoms with Gasteiger partial charge in [0, 0.05) is 0 Å². The van der Waals surface area contributed by atoms with Crippen molar-refractivity contribution in [3.63, 3.8) is 0 Å². The predicted octanol–water partition coefficient (Wildman–Crippen LogP) is 2.45. The van der Waals surface area contributed by atoms with Crippen molar-refractivity contribution < 1.29 is 14.7 Å². The Bertz CT molecular complexity index is 296. The molecule has 0 aromatic heterocycles. The quantitative estimate of drug-likeness (QED) is 0.360. The summed E-state index contributed by atoms with van der Waals surface area (Å²) in [4.78, 5) is 0. The zero-order valence-corrected chi connectivity index (χ0v) is 13.3. The van der Waals surface area contributed by atoms with Gasteiger partial charge in [-0.25, -0.2) is 0 Å². The molecule has 7 heteroatoms. The van der Waals surface area contributed by atoms with E-state index in [0.717, 1.165) is 5.56 Å². The summed E-state index contributed by atoms with van der Waals surface area (Å²) in [6, 6.07) is 7.20. The van der Waals surface area contributed by atoms with Crippen LogP contribution in [0.15, 0.2) is 24.3 Å². The van der Waals surface area contributed by atoms with Crippen LogP contribution in [0.25, 0.3) is 0 Å². The highest BCUT2D eigenvalue weighted by Crippen LogP contribution is 2.46. The summed E-state index contributed by atoms with van der Waals surface area (Å²) >= 11 is 6.94. The number of alkyl halides is 3. The van der Waals surface area contributed by atoms with Crippen molar-refractivity contribution in [2.24, 2.45) is 0 Å². The second-order valence-corrected chi connectivity index (χ2v) is 13.5. The summed E-state index contributed by atoms with van der Waals surface area (Å²) < 4.78 is 4.69. The van der Waals surface area contributed by atoms with E-state index in [1.54, 1.807) is 12.1 Å². The highest BCUT2D eigenvalue weighted by atomic mass is 127. The van der Waals surface area contributed by atoms with Crippen LogP contribution in [0.5, 0.6) is 5.75 Å². The molecule has 0 atom stereocenters. The summed E-state index contributed by atoms with van der Waals surface area (Å²) in [5.74, 6) is 0.442. The van der Waals surface area contributed by atoms with Crippen LogP contribution in [0, 0.1) is 0 Å². The van der Waals surface area contributed by atoms with Crippen LogP contribution in [-0.4, -0.2) is 17.4 Å². The highest BCUT2D eigenvalue weighted by Gasteiger charge is 2.20. The van der Waals surface area contributed by atoms with E-state index in [1.165, 1.54) is 0 Å². The monoisotopic (exact) mass is 530 g/mol. The Kier molecular flexibility index (Phi) is 5.21. The van der Waals surface area contributed by atoms with Gasteiger partial charge in [-0.2, -0.15) is 0 Å². The van der Waals surface area contributed by atoms with Gasteiger partial charge in [0.2, 0.25) is 0 Å². The molecule has 14 heavy (non-hydrogen) atoms. The largest absolute Gasteiger partial charge is 0.707 e. The third-order valence-electron chi connectivity index (χ3n) is 1.42. The second-order valence-electron chi connectivity index (χ2n) is 2.47. The first-order chi connectivity index (χ1) is 6.39. The normalized spacial score (nSPS) is 11.2. The Hall–Kier alpha value is 1.19. The first kappa shape index (κ1) is 13.3. The number of rotatable bonds is 3. The molecule has 76 valence electrons. The van der Waals surface area contributed by atoms with Crippen LogP contribution >= 0.6 is 67.8 Å². The van der Waals surface area contributed by atoms with E-state index in [2.05, 4.69) is 72.4 Å². The van der Waals surface area contributed by atoms with Crippen molar-refractivity contribution in [1.29, 1.82) is 0 Å². The molecule has 0 aliphatic carbocycles. The third-order valence-corrected chi connectivity index (χ3v) is 3.29. The van der Waals surface area contributed by atoms with Gasteiger partial charge in [0.15, 0.2) is 0 Å². The lowest BCUT2D eigenvalue weighted by Crippen LogP contribution is -2.20. The lowest BCUT2D eigenvalue weighted by molar-refractivity contribution is 0.288. The number of halogens is 3. The molecule has 0 unspecified atom stereocenters. The Morgan fingerprint density at radius 2 is 1.57 bits per heavy atom. The molecule has 0 saturated carbocycles. The molecule has 0 saturated heterocycles. The molecule has 1 aromatic rings. The second kappa shape index (κ2) is 5.50. The lowest BCUT2D eigenvalue weighted by atomic mass is 10.2. The van der Waals surface area contributed by atoms with Crippen LogP contribution in [-0.2, 0) is -0.565 Å². The van der Waals surface area contributed by atoms with Crippen molar-refractivity contribution in [3.05, 3.63) is 29.8 Å². The highest BCUT2D eigenvalue weighted by molar-refractivity contribution is 14.3. The summed E-state index contributed by atoms with van der Waals surface area (Å²) in [6.07, 6.45) is 0. The molecule has 1 aromatic carbocycles. The van der Waals surface area contributed by atoms with Crippen molar-refractivity contribution in [1.82, 2.24) is 0 Å². The van der Waals surface area contributed by atoms with E-state index in [-0.39, 0.29) is -0.565 Å². The molecular formula is C7H6BI3O3. The van der Waals surface area contributed by atoms with E-state index >= 15 is 0 Å². The van der Waals surface area contributed by atoms with E-state index in [0.29, 0.717) is 5.75 Å². The fraction of sp³-hybridized carbons (Fsp3) is 0.143. The first-order valence-electron chi connectivity index (χ1n) is 3.59. The molecule has 0 heterocycles. The molecule has 1 rings (SSSR count). The predicted molar refractivity (Wildman–Crippen MR) is 81.0 cm³/mol. The molecule has 0 amide bonds. The van der Waals surface area contributed by atoms with Crippen molar-refractivity contribution in [2.75, 3.05) is 0 Å². The SMILES string of the molecule is OB(O)Oc1ccc(C(I)(I)I)cc1. The first-order valence-corrected chi connectivity index (χ1v) is 6.83. The Morgan fingerprint density at radius 1 is 1.07 bits per heavy atom. The fourth-order valence-corrected chi connectivity index (χ4v) is 1.92. The maximum Gasteiger partial charge on any atom is 0.707 e. The minimum absolute atomic E-state index is 0.00361. The summed E-state index contributed by atoms with van der Waals surface area (Å²) in [5.41, 5.74) is 1.14. The van der Waals surface area contributed by atoms with Crippen LogP contribution < -0.4 is 4.65 Å². The standard InChI is InChI=1S/C7H6BI3O3/c9-7(10,11)5-1-3-6(4-2-5)14-8(12)13/h1-4,12-13H. The zero-order chi connectivity index (χ0) is 10.8. The van der Waals surface area contributed by atoms with Crippen LogP contribution in [0.4, 0.5) is 0 Å². The van der Waals surface area contributed by atoms with Crippen molar-refractivity contribution in [2.45, 2.75) is -0.565 Å². The van der Waals surface area contributed by atoms with E-state index in [1.807, 2.05) is 12.1 Å². The molecule has 3 nitrogen and oxygen atoms in total. The van der Waals surface area contributed by atoms with E-state index in [4.69, 9.17) is 10.0 Å². The van der Waals surface area contributed by atoms with E-state index in [9.17, 15) is 0 Å². The van der Waals surface area contributed by atoms with Crippen LogP contribution in [0.2, 0.25) is 0 Å². The van der Waals surface area contributed by atoms with Gasteiger partial charge in [-0.15, -0.1) is 0 Å². The Labute approximate surface area is 123 Å². The number of benzene rings is 1. The van der Waals surface area contributed by atoms with Crippen molar-refractivity contribution >= 4 is 75.1 Å². The Morgan fingerprint density at radius 3 is 1.93 bits per heavy atom. The molecule has 0 spiro atoms. The molecule has 2 N–H and O–H groups in total. The smallest absolute Gasteiger partial charge is 0.512 e. The van der Waals surface area contributed by atoms with Gasteiger partial charge < -0.3 is 14.7 Å². The lowest BCUT2D eigenvalue weighted by Gasteiger charge is -2.13. The van der Waals surface area contributed by atoms with Gasteiger partial charge in [0.05, 0.1) is 0 Å². The van der Waals surface area contributed by atoms with Gasteiger partial charge in [0.1, 0.15) is 5.18 Å². The summed E-state index contributed by atoms with van der Waals surface area (Å²) in [6.45, 7) is 0. The van der Waals surface area contributed by atoms with E-state index < -0.39 is 7.32 Å². The van der Waals surface area contributed by atoms with Gasteiger partial charge in [-0.05, 0) is 85.5 Å². The molecule has 0 bridgehead atoms.